The van der Waals surface area contributed by atoms with Crippen LogP contribution in [-0.4, -0.2) is 18.3 Å². The Morgan fingerprint density at radius 3 is 2.39 bits per heavy atom. The molecule has 164 valence electrons. The Labute approximate surface area is 201 Å². The highest BCUT2D eigenvalue weighted by Gasteiger charge is 2.15. The van der Waals surface area contributed by atoms with Crippen molar-refractivity contribution in [1.82, 2.24) is 5.32 Å². The third kappa shape index (κ3) is 6.61. The van der Waals surface area contributed by atoms with E-state index in [4.69, 9.17) is 32.7 Å². The number of hydrogen-bond acceptors (Lipinski definition) is 4. The van der Waals surface area contributed by atoms with Crippen LogP contribution in [-0.2, 0) is 13.2 Å². The Morgan fingerprint density at radius 1 is 1.00 bits per heavy atom. The quantitative estimate of drug-likeness (QED) is 0.315. The van der Waals surface area contributed by atoms with Gasteiger partial charge < -0.3 is 19.9 Å². The molecule has 0 aliphatic rings. The van der Waals surface area contributed by atoms with Gasteiger partial charge in [0.2, 0.25) is 0 Å². The van der Waals surface area contributed by atoms with Crippen LogP contribution in [0.1, 0.15) is 29.7 Å². The van der Waals surface area contributed by atoms with Gasteiger partial charge in [-0.2, -0.15) is 0 Å². The van der Waals surface area contributed by atoms with Crippen molar-refractivity contribution in [2.24, 2.45) is 0 Å². The molecule has 2 N–H and O–H groups in total. The summed E-state index contributed by atoms with van der Waals surface area (Å²) in [5, 5.41) is 14.7. The van der Waals surface area contributed by atoms with E-state index >= 15 is 0 Å². The van der Waals surface area contributed by atoms with E-state index in [0.717, 1.165) is 21.2 Å². The summed E-state index contributed by atoms with van der Waals surface area (Å²) in [6, 6.07) is 18.8. The number of aliphatic hydroxyl groups is 1. The molecule has 3 aromatic rings. The number of benzene rings is 3. The number of ether oxygens (including phenoxy) is 2. The van der Waals surface area contributed by atoms with Gasteiger partial charge in [0.25, 0.3) is 0 Å². The van der Waals surface area contributed by atoms with Crippen LogP contribution in [0.15, 0.2) is 65.1 Å². The largest absolute Gasteiger partial charge is 0.490 e. The van der Waals surface area contributed by atoms with E-state index in [1.54, 1.807) is 18.2 Å². The Bertz CT molecular complexity index is 981. The highest BCUT2D eigenvalue weighted by Crippen LogP contribution is 2.38. The molecule has 3 rings (SSSR count). The molecule has 0 bridgehead atoms. The number of nitrogens with one attached hydrogen (secondary N) is 1. The summed E-state index contributed by atoms with van der Waals surface area (Å²) >= 11 is 16.1. The smallest absolute Gasteiger partial charge is 0.175 e. The molecule has 0 aromatic heterocycles. The van der Waals surface area contributed by atoms with Crippen molar-refractivity contribution in [3.8, 4) is 11.5 Å². The van der Waals surface area contributed by atoms with Gasteiger partial charge in [-0.25, -0.2) is 0 Å². The van der Waals surface area contributed by atoms with Gasteiger partial charge in [-0.3, -0.25) is 0 Å². The summed E-state index contributed by atoms with van der Waals surface area (Å²) in [6.07, 6.45) is -0.570. The molecular weight excluding hydrogens is 501 g/mol. The molecule has 0 heterocycles. The summed E-state index contributed by atoms with van der Waals surface area (Å²) in [4.78, 5) is 0. The average Bonchev–Trinajstić information content (AvgIpc) is 2.75. The van der Waals surface area contributed by atoms with E-state index in [0.29, 0.717) is 41.2 Å². The fourth-order valence-electron chi connectivity index (χ4n) is 3.09. The lowest BCUT2D eigenvalue weighted by atomic mass is 10.1. The van der Waals surface area contributed by atoms with E-state index in [9.17, 15) is 5.11 Å². The predicted octanol–water partition coefficient (Wildman–Crippen LogP) is 6.56. The number of rotatable bonds is 10. The van der Waals surface area contributed by atoms with E-state index < -0.39 is 6.10 Å². The molecule has 0 aliphatic carbocycles. The molecule has 0 amide bonds. The van der Waals surface area contributed by atoms with Crippen LogP contribution in [0.4, 0.5) is 0 Å². The minimum atomic E-state index is -0.570. The molecule has 0 saturated carbocycles. The first-order valence-electron chi connectivity index (χ1n) is 9.94. The first-order chi connectivity index (χ1) is 15.0. The van der Waals surface area contributed by atoms with Crippen LogP contribution < -0.4 is 14.8 Å². The normalized spacial score (nSPS) is 11.9. The van der Waals surface area contributed by atoms with Crippen molar-refractivity contribution >= 4 is 39.1 Å². The molecule has 3 aromatic carbocycles. The summed E-state index contributed by atoms with van der Waals surface area (Å²) in [7, 11) is 0. The van der Waals surface area contributed by atoms with E-state index in [2.05, 4.69) is 21.2 Å². The van der Waals surface area contributed by atoms with Gasteiger partial charge in [0, 0.05) is 28.7 Å². The standard InChI is InChI=1S/C24H24BrCl2NO3/c1-2-30-23-12-16(13-28-14-22(29)17-7-4-3-5-8-17)11-19(25)24(23)31-15-18-20(26)9-6-10-21(18)27/h3-12,22,28-29H,2,13-15H2,1H3/t22-/m0/s1. The van der Waals surface area contributed by atoms with Gasteiger partial charge in [0.05, 0.1) is 17.2 Å². The topological polar surface area (TPSA) is 50.7 Å². The minimum Gasteiger partial charge on any atom is -0.490 e. The van der Waals surface area contributed by atoms with Crippen LogP contribution in [0.5, 0.6) is 11.5 Å². The zero-order valence-corrected chi connectivity index (χ0v) is 20.2. The summed E-state index contributed by atoms with van der Waals surface area (Å²) in [5.74, 6) is 1.21. The first kappa shape index (κ1) is 23.9. The second-order valence-electron chi connectivity index (χ2n) is 6.88. The van der Waals surface area contributed by atoms with Gasteiger partial charge in [-0.05, 0) is 58.2 Å². The summed E-state index contributed by atoms with van der Waals surface area (Å²) in [5.41, 5.74) is 2.60. The van der Waals surface area contributed by atoms with Crippen LogP contribution in [0.2, 0.25) is 10.0 Å². The van der Waals surface area contributed by atoms with Gasteiger partial charge in [0.1, 0.15) is 6.61 Å². The van der Waals surface area contributed by atoms with Crippen LogP contribution in [0.25, 0.3) is 0 Å². The van der Waals surface area contributed by atoms with E-state index in [1.807, 2.05) is 49.4 Å². The molecule has 0 radical (unpaired) electrons. The molecular formula is C24H24BrCl2NO3. The minimum absolute atomic E-state index is 0.220. The lowest BCUT2D eigenvalue weighted by molar-refractivity contribution is 0.174. The second kappa shape index (κ2) is 11.7. The molecule has 4 nitrogen and oxygen atoms in total. The molecule has 0 aliphatic heterocycles. The molecule has 31 heavy (non-hydrogen) atoms. The van der Waals surface area contributed by atoms with Crippen molar-refractivity contribution in [1.29, 1.82) is 0 Å². The van der Waals surface area contributed by atoms with Crippen molar-refractivity contribution in [3.63, 3.8) is 0 Å². The number of hydrogen-bond donors (Lipinski definition) is 2. The van der Waals surface area contributed by atoms with Gasteiger partial charge in [-0.15, -0.1) is 0 Å². The maximum Gasteiger partial charge on any atom is 0.175 e. The highest BCUT2D eigenvalue weighted by atomic mass is 79.9. The predicted molar refractivity (Wildman–Crippen MR) is 129 cm³/mol. The molecule has 1 atom stereocenters. The van der Waals surface area contributed by atoms with Crippen LogP contribution in [0, 0.1) is 0 Å². The lowest BCUT2D eigenvalue weighted by Crippen LogP contribution is -2.21. The molecule has 0 unspecified atom stereocenters. The second-order valence-corrected chi connectivity index (χ2v) is 8.55. The van der Waals surface area contributed by atoms with Gasteiger partial charge in [-0.1, -0.05) is 59.6 Å². The summed E-state index contributed by atoms with van der Waals surface area (Å²) in [6.45, 7) is 3.65. The van der Waals surface area contributed by atoms with Crippen LogP contribution >= 0.6 is 39.1 Å². The number of aliphatic hydroxyl groups excluding tert-OH is 1. The Kier molecular flexibility index (Phi) is 9.05. The molecule has 0 spiro atoms. The van der Waals surface area contributed by atoms with Crippen molar-refractivity contribution in [3.05, 3.63) is 91.9 Å². The lowest BCUT2D eigenvalue weighted by Gasteiger charge is -2.17. The Hall–Kier alpha value is -1.76. The van der Waals surface area contributed by atoms with Crippen LogP contribution in [0.3, 0.4) is 0 Å². The van der Waals surface area contributed by atoms with Crippen molar-refractivity contribution < 1.29 is 14.6 Å². The maximum atomic E-state index is 10.3. The monoisotopic (exact) mass is 523 g/mol. The Balaban J connectivity index is 1.68. The zero-order chi connectivity index (χ0) is 22.2. The van der Waals surface area contributed by atoms with Gasteiger partial charge >= 0.3 is 0 Å². The SMILES string of the molecule is CCOc1cc(CNC[C@H](O)c2ccccc2)cc(Br)c1OCc1c(Cl)cccc1Cl. The number of halogens is 3. The van der Waals surface area contributed by atoms with Gasteiger partial charge in [0.15, 0.2) is 11.5 Å². The Morgan fingerprint density at radius 2 is 1.71 bits per heavy atom. The fourth-order valence-corrected chi connectivity index (χ4v) is 4.20. The maximum absolute atomic E-state index is 10.3. The third-order valence-electron chi connectivity index (χ3n) is 4.64. The van der Waals surface area contributed by atoms with E-state index in [1.165, 1.54) is 0 Å². The molecule has 0 saturated heterocycles. The summed E-state index contributed by atoms with van der Waals surface area (Å²) < 4.78 is 12.6. The van der Waals surface area contributed by atoms with Crippen molar-refractivity contribution in [2.45, 2.75) is 26.2 Å². The average molecular weight is 525 g/mol. The first-order valence-corrected chi connectivity index (χ1v) is 11.5. The molecule has 0 fully saturated rings. The van der Waals surface area contributed by atoms with Crippen molar-refractivity contribution in [2.75, 3.05) is 13.2 Å². The highest BCUT2D eigenvalue weighted by molar-refractivity contribution is 9.10. The third-order valence-corrected chi connectivity index (χ3v) is 5.94. The van der Waals surface area contributed by atoms with E-state index in [-0.39, 0.29) is 6.61 Å². The molecule has 7 heteroatoms. The zero-order valence-electron chi connectivity index (χ0n) is 17.1. The fraction of sp³-hybridized carbons (Fsp3) is 0.250.